The van der Waals surface area contributed by atoms with Crippen LogP contribution < -0.4 is 4.74 Å². The summed E-state index contributed by atoms with van der Waals surface area (Å²) in [6, 6.07) is 11.6. The van der Waals surface area contributed by atoms with Crippen LogP contribution >= 0.6 is 0 Å². The molecule has 1 aliphatic rings. The van der Waals surface area contributed by atoms with Crippen molar-refractivity contribution in [1.29, 1.82) is 0 Å². The van der Waals surface area contributed by atoms with Gasteiger partial charge in [-0.2, -0.15) is 0 Å². The second-order valence-corrected chi connectivity index (χ2v) is 5.19. The van der Waals surface area contributed by atoms with E-state index < -0.39 is 0 Å². The molecule has 0 radical (unpaired) electrons. The molecule has 3 heterocycles. The number of nitrogens with one attached hydrogen (secondary N) is 1. The summed E-state index contributed by atoms with van der Waals surface area (Å²) in [6.07, 6.45) is 4.19. The van der Waals surface area contributed by atoms with Crippen LogP contribution in [0.3, 0.4) is 0 Å². The zero-order valence-electron chi connectivity index (χ0n) is 11.4. The number of aromatic amines is 1. The van der Waals surface area contributed by atoms with Gasteiger partial charge < -0.3 is 9.72 Å². The summed E-state index contributed by atoms with van der Waals surface area (Å²) in [4.78, 5) is 20.2. The molecule has 1 aromatic carbocycles. The summed E-state index contributed by atoms with van der Waals surface area (Å²) in [6.45, 7) is 0.577. The molecule has 0 saturated heterocycles. The molecule has 4 nitrogen and oxygen atoms in total. The lowest BCUT2D eigenvalue weighted by atomic mass is 9.86. The number of Topliss-reactive ketones (excluding diaryl/α,β-unsaturated/α-hetero) is 1. The lowest BCUT2D eigenvalue weighted by molar-refractivity contribution is 0.0934. The van der Waals surface area contributed by atoms with Crippen molar-refractivity contribution < 1.29 is 9.53 Å². The number of ketones is 1. The molecule has 0 spiro atoms. The number of hydrogen-bond donors (Lipinski definition) is 1. The van der Waals surface area contributed by atoms with Gasteiger partial charge in [0.15, 0.2) is 5.78 Å². The molecule has 0 aliphatic carbocycles. The van der Waals surface area contributed by atoms with Crippen molar-refractivity contribution in [3.8, 4) is 5.75 Å². The smallest absolute Gasteiger partial charge is 0.172 e. The molecule has 4 heteroatoms. The molecule has 1 N–H and O–H groups in total. The first-order chi connectivity index (χ1) is 10.3. The number of ether oxygens (including phenoxy) is 1. The quantitative estimate of drug-likeness (QED) is 0.732. The Bertz CT molecular complexity index is 822. The molecule has 3 aromatic rings. The summed E-state index contributed by atoms with van der Waals surface area (Å²) in [7, 11) is 0. The maximum absolute atomic E-state index is 12.9. The van der Waals surface area contributed by atoms with Gasteiger partial charge in [-0.3, -0.25) is 4.79 Å². The Morgan fingerprint density at radius 1 is 1.24 bits per heavy atom. The van der Waals surface area contributed by atoms with Gasteiger partial charge >= 0.3 is 0 Å². The first-order valence-electron chi connectivity index (χ1n) is 7.02. The standard InChI is InChI=1S/C17H14N2O2/c20-16(14-10-19-17-13(14)5-3-8-18-17)12-7-9-21-15-6-2-1-4-11(12)15/h1-6,8,10,12H,7,9H2,(H,18,19). The summed E-state index contributed by atoms with van der Waals surface area (Å²) in [5.74, 6) is 0.805. The van der Waals surface area contributed by atoms with Crippen LogP contribution in [0, 0.1) is 0 Å². The van der Waals surface area contributed by atoms with Crippen molar-refractivity contribution in [1.82, 2.24) is 9.97 Å². The van der Waals surface area contributed by atoms with E-state index in [1.54, 1.807) is 12.4 Å². The van der Waals surface area contributed by atoms with Crippen LogP contribution in [-0.2, 0) is 0 Å². The molecule has 1 unspecified atom stereocenters. The van der Waals surface area contributed by atoms with Crippen molar-refractivity contribution in [3.05, 3.63) is 59.9 Å². The minimum absolute atomic E-state index is 0.130. The van der Waals surface area contributed by atoms with Gasteiger partial charge in [-0.25, -0.2) is 4.98 Å². The minimum Gasteiger partial charge on any atom is -0.493 e. The van der Waals surface area contributed by atoms with E-state index in [2.05, 4.69) is 9.97 Å². The monoisotopic (exact) mass is 278 g/mol. The third-order valence-corrected chi connectivity index (χ3v) is 3.99. The van der Waals surface area contributed by atoms with Crippen molar-refractivity contribution in [2.75, 3.05) is 6.61 Å². The number of fused-ring (bicyclic) bond motifs is 2. The van der Waals surface area contributed by atoms with Crippen molar-refractivity contribution in [2.45, 2.75) is 12.3 Å². The molecular weight excluding hydrogens is 264 g/mol. The lowest BCUT2D eigenvalue weighted by Crippen LogP contribution is -2.21. The van der Waals surface area contributed by atoms with Crippen LogP contribution in [0.5, 0.6) is 5.75 Å². The van der Waals surface area contributed by atoms with Crippen molar-refractivity contribution in [2.24, 2.45) is 0 Å². The van der Waals surface area contributed by atoms with Crippen LogP contribution in [0.2, 0.25) is 0 Å². The average molecular weight is 278 g/mol. The van der Waals surface area contributed by atoms with Gasteiger partial charge in [0.25, 0.3) is 0 Å². The fraction of sp³-hybridized carbons (Fsp3) is 0.176. The van der Waals surface area contributed by atoms with E-state index in [0.717, 1.165) is 22.3 Å². The second kappa shape index (κ2) is 4.74. The van der Waals surface area contributed by atoms with E-state index >= 15 is 0 Å². The van der Waals surface area contributed by atoms with Gasteiger partial charge in [0.1, 0.15) is 11.4 Å². The molecule has 0 bridgehead atoms. The fourth-order valence-corrected chi connectivity index (χ4v) is 2.96. The number of hydrogen-bond acceptors (Lipinski definition) is 3. The van der Waals surface area contributed by atoms with Gasteiger partial charge in [0, 0.05) is 28.9 Å². The van der Waals surface area contributed by atoms with Gasteiger partial charge in [-0.1, -0.05) is 18.2 Å². The molecule has 0 amide bonds. The lowest BCUT2D eigenvalue weighted by Gasteiger charge is -2.24. The number of carbonyl (C=O) groups excluding carboxylic acids is 1. The third kappa shape index (κ3) is 1.91. The largest absolute Gasteiger partial charge is 0.493 e. The second-order valence-electron chi connectivity index (χ2n) is 5.19. The normalized spacial score (nSPS) is 17.2. The Morgan fingerprint density at radius 2 is 2.14 bits per heavy atom. The molecule has 1 aliphatic heterocycles. The average Bonchev–Trinajstić information content (AvgIpc) is 2.98. The van der Waals surface area contributed by atoms with E-state index in [9.17, 15) is 4.79 Å². The van der Waals surface area contributed by atoms with Gasteiger partial charge in [-0.15, -0.1) is 0 Å². The Hall–Kier alpha value is -2.62. The summed E-state index contributed by atoms with van der Waals surface area (Å²) in [5, 5.41) is 0.881. The van der Waals surface area contributed by atoms with Crippen LogP contribution in [0.4, 0.5) is 0 Å². The Balaban J connectivity index is 1.79. The molecule has 21 heavy (non-hydrogen) atoms. The van der Waals surface area contributed by atoms with Gasteiger partial charge in [-0.05, 0) is 24.6 Å². The summed E-state index contributed by atoms with van der Waals surface area (Å²) < 4.78 is 5.64. The molecule has 104 valence electrons. The van der Waals surface area contributed by atoms with E-state index in [0.29, 0.717) is 18.6 Å². The Morgan fingerprint density at radius 3 is 3.10 bits per heavy atom. The van der Waals surface area contributed by atoms with Crippen LogP contribution in [0.25, 0.3) is 11.0 Å². The van der Waals surface area contributed by atoms with Crippen molar-refractivity contribution in [3.63, 3.8) is 0 Å². The third-order valence-electron chi connectivity index (χ3n) is 3.99. The van der Waals surface area contributed by atoms with Crippen LogP contribution in [0.1, 0.15) is 28.3 Å². The van der Waals surface area contributed by atoms with Crippen LogP contribution in [-0.4, -0.2) is 22.4 Å². The summed E-state index contributed by atoms with van der Waals surface area (Å²) in [5.41, 5.74) is 2.44. The van der Waals surface area contributed by atoms with Gasteiger partial charge in [0.05, 0.1) is 12.5 Å². The number of aromatic nitrogens is 2. The SMILES string of the molecule is O=C(c1c[nH]c2ncccc12)C1CCOc2ccccc21. The topological polar surface area (TPSA) is 55.0 Å². The minimum atomic E-state index is -0.144. The van der Waals surface area contributed by atoms with Gasteiger partial charge in [0.2, 0.25) is 0 Å². The number of H-pyrrole nitrogens is 1. The molecule has 4 rings (SSSR count). The number of benzene rings is 1. The summed E-state index contributed by atoms with van der Waals surface area (Å²) >= 11 is 0. The molecule has 2 aromatic heterocycles. The van der Waals surface area contributed by atoms with Crippen molar-refractivity contribution >= 4 is 16.8 Å². The number of pyridine rings is 1. The highest BCUT2D eigenvalue weighted by Gasteiger charge is 2.29. The number of para-hydroxylation sites is 1. The maximum Gasteiger partial charge on any atom is 0.172 e. The highest BCUT2D eigenvalue weighted by molar-refractivity contribution is 6.10. The zero-order valence-corrected chi connectivity index (χ0v) is 11.4. The van der Waals surface area contributed by atoms with E-state index in [1.165, 1.54) is 0 Å². The van der Waals surface area contributed by atoms with E-state index in [-0.39, 0.29) is 11.7 Å². The molecule has 1 atom stereocenters. The maximum atomic E-state index is 12.9. The first-order valence-corrected chi connectivity index (χ1v) is 7.02. The zero-order chi connectivity index (χ0) is 14.2. The Labute approximate surface area is 121 Å². The van der Waals surface area contributed by atoms with E-state index in [4.69, 9.17) is 4.74 Å². The van der Waals surface area contributed by atoms with Crippen LogP contribution in [0.15, 0.2) is 48.8 Å². The highest BCUT2D eigenvalue weighted by Crippen LogP contribution is 2.36. The molecular formula is C17H14N2O2. The highest BCUT2D eigenvalue weighted by atomic mass is 16.5. The Kier molecular flexibility index (Phi) is 2.74. The predicted molar refractivity (Wildman–Crippen MR) is 79.7 cm³/mol. The first kappa shape index (κ1) is 12.1. The molecule has 0 fully saturated rings. The fourth-order valence-electron chi connectivity index (χ4n) is 2.96. The number of carbonyl (C=O) groups is 1. The van der Waals surface area contributed by atoms with E-state index in [1.807, 2.05) is 36.4 Å². The predicted octanol–water partition coefficient (Wildman–Crippen LogP) is 3.31. The number of nitrogens with zero attached hydrogens (tertiary/aromatic N) is 1. The molecule has 0 saturated carbocycles. The number of rotatable bonds is 2.